The third-order valence-corrected chi connectivity index (χ3v) is 7.41. The number of hydrogen-bond acceptors (Lipinski definition) is 8. The molecular formula is C32H39N7O4. The van der Waals surface area contributed by atoms with Crippen LogP contribution in [0.5, 0.6) is 11.6 Å². The molecule has 0 atom stereocenters. The molecule has 5 rings (SSSR count). The topological polar surface area (TPSA) is 148 Å². The van der Waals surface area contributed by atoms with Crippen molar-refractivity contribution in [2.45, 2.75) is 71.6 Å². The van der Waals surface area contributed by atoms with Gasteiger partial charge in [-0.05, 0) is 82.3 Å². The van der Waals surface area contributed by atoms with Crippen molar-refractivity contribution < 1.29 is 19.4 Å². The van der Waals surface area contributed by atoms with E-state index in [1.807, 2.05) is 51.4 Å². The average Bonchev–Trinajstić information content (AvgIpc) is 3.36. The van der Waals surface area contributed by atoms with Crippen LogP contribution < -0.4 is 21.1 Å². The molecule has 1 aromatic carbocycles. The zero-order chi connectivity index (χ0) is 30.9. The Morgan fingerprint density at radius 2 is 1.95 bits per heavy atom. The molecule has 0 radical (unpaired) electrons. The quantitative estimate of drug-likeness (QED) is 0.157. The molecule has 1 aliphatic carbocycles. The Morgan fingerprint density at radius 1 is 1.19 bits per heavy atom. The monoisotopic (exact) mass is 585 g/mol. The van der Waals surface area contributed by atoms with Crippen LogP contribution in [0.2, 0.25) is 0 Å². The minimum Gasteiger partial charge on any atom is -0.508 e. The van der Waals surface area contributed by atoms with Crippen molar-refractivity contribution in [2.75, 3.05) is 12.4 Å². The zero-order valence-corrected chi connectivity index (χ0v) is 25.4. The molecule has 1 aliphatic rings. The zero-order valence-electron chi connectivity index (χ0n) is 25.4. The number of phenols is 1. The molecule has 1 fully saturated rings. The summed E-state index contributed by atoms with van der Waals surface area (Å²) in [5.41, 5.74) is 12.9. The number of aliphatic imine (C=N–C) groups is 1. The number of aryl methyl sites for hydroxylation is 2. The number of phenolic OH excluding ortho intramolecular Hbond substituents is 1. The summed E-state index contributed by atoms with van der Waals surface area (Å²) >= 11 is 0. The molecule has 226 valence electrons. The van der Waals surface area contributed by atoms with Crippen molar-refractivity contribution in [1.82, 2.24) is 19.9 Å². The number of ether oxygens (including phenoxy) is 2. The van der Waals surface area contributed by atoms with Gasteiger partial charge in [0.1, 0.15) is 17.2 Å². The van der Waals surface area contributed by atoms with Crippen molar-refractivity contribution in [3.8, 4) is 22.8 Å². The van der Waals surface area contributed by atoms with Gasteiger partial charge in [-0.15, -0.1) is 0 Å². The summed E-state index contributed by atoms with van der Waals surface area (Å²) in [6.07, 6.45) is 7.17. The summed E-state index contributed by atoms with van der Waals surface area (Å²) in [5.74, 6) is 1.03. The smallest absolute Gasteiger partial charge is 0.407 e. The number of carbonyl (C=O) groups is 1. The number of pyridine rings is 1. The van der Waals surface area contributed by atoms with Gasteiger partial charge in [-0.25, -0.2) is 19.3 Å². The molecule has 4 aromatic rings. The van der Waals surface area contributed by atoms with E-state index < -0.39 is 11.7 Å². The molecule has 43 heavy (non-hydrogen) atoms. The number of aromatic nitrogens is 3. The number of rotatable bonds is 8. The van der Waals surface area contributed by atoms with Crippen molar-refractivity contribution >= 4 is 28.8 Å². The fraction of sp³-hybridized carbons (Fsp3) is 0.375. The minimum absolute atomic E-state index is 0.000787. The van der Waals surface area contributed by atoms with Gasteiger partial charge in [0.05, 0.1) is 35.8 Å². The number of carbonyl (C=O) groups excluding carboxylic acids is 1. The predicted octanol–water partition coefficient (Wildman–Crippen LogP) is 5.49. The number of anilines is 1. The van der Waals surface area contributed by atoms with Crippen molar-refractivity contribution in [3.63, 3.8) is 0 Å². The molecule has 0 unspecified atom stereocenters. The van der Waals surface area contributed by atoms with Gasteiger partial charge in [0.25, 0.3) is 0 Å². The molecule has 3 aromatic heterocycles. The third kappa shape index (κ3) is 6.66. The molecule has 1 amide bonds. The van der Waals surface area contributed by atoms with E-state index in [9.17, 15) is 9.90 Å². The molecule has 3 heterocycles. The number of methoxy groups -OCH3 is 1. The van der Waals surface area contributed by atoms with Gasteiger partial charge in [-0.3, -0.25) is 0 Å². The van der Waals surface area contributed by atoms with E-state index in [0.29, 0.717) is 29.4 Å². The highest BCUT2D eigenvalue weighted by Gasteiger charge is 2.33. The molecule has 5 N–H and O–H groups in total. The maximum absolute atomic E-state index is 12.3. The summed E-state index contributed by atoms with van der Waals surface area (Å²) in [6, 6.07) is 9.09. The van der Waals surface area contributed by atoms with Gasteiger partial charge >= 0.3 is 6.09 Å². The number of hydrogen-bond donors (Lipinski definition) is 4. The van der Waals surface area contributed by atoms with Crippen molar-refractivity contribution in [1.29, 1.82) is 0 Å². The van der Waals surface area contributed by atoms with Crippen LogP contribution in [0.4, 0.5) is 16.2 Å². The van der Waals surface area contributed by atoms with E-state index in [4.69, 9.17) is 20.2 Å². The third-order valence-electron chi connectivity index (χ3n) is 7.41. The first-order valence-corrected chi connectivity index (χ1v) is 14.4. The van der Waals surface area contributed by atoms with E-state index in [1.54, 1.807) is 37.7 Å². The van der Waals surface area contributed by atoms with Crippen LogP contribution >= 0.6 is 0 Å². The molecule has 1 saturated carbocycles. The summed E-state index contributed by atoms with van der Waals surface area (Å²) in [5, 5.41) is 21.2. The Morgan fingerprint density at radius 3 is 2.63 bits per heavy atom. The van der Waals surface area contributed by atoms with Crippen LogP contribution in [0.1, 0.15) is 57.2 Å². The minimum atomic E-state index is -0.556. The lowest BCUT2D eigenvalue weighted by molar-refractivity contribution is 0.0475. The number of aromatic hydroxyl groups is 1. The van der Waals surface area contributed by atoms with Crippen LogP contribution in [-0.2, 0) is 11.2 Å². The molecule has 0 spiro atoms. The normalized spacial score (nSPS) is 16.9. The summed E-state index contributed by atoms with van der Waals surface area (Å²) in [4.78, 5) is 21.4. The van der Waals surface area contributed by atoms with Gasteiger partial charge in [0.2, 0.25) is 5.88 Å². The Bertz CT molecular complexity index is 1680. The average molecular weight is 586 g/mol. The van der Waals surface area contributed by atoms with Crippen LogP contribution in [0.15, 0.2) is 53.9 Å². The maximum atomic E-state index is 12.3. The lowest BCUT2D eigenvalue weighted by atomic mass is 9.86. The van der Waals surface area contributed by atoms with Crippen molar-refractivity contribution in [2.24, 2.45) is 10.7 Å². The highest BCUT2D eigenvalue weighted by Crippen LogP contribution is 2.34. The second-order valence-electron chi connectivity index (χ2n) is 11.9. The Labute approximate surface area is 251 Å². The Balaban J connectivity index is 1.49. The number of amidine groups is 1. The number of nitrogens with two attached hydrogens (primary N) is 1. The number of benzene rings is 1. The summed E-state index contributed by atoms with van der Waals surface area (Å²) < 4.78 is 12.5. The van der Waals surface area contributed by atoms with Crippen LogP contribution in [0, 0.1) is 6.92 Å². The lowest BCUT2D eigenvalue weighted by Gasteiger charge is -2.37. The first-order chi connectivity index (χ1) is 20.4. The molecular weight excluding hydrogens is 546 g/mol. The van der Waals surface area contributed by atoms with Gasteiger partial charge in [-0.2, -0.15) is 5.10 Å². The standard InChI is InChI=1S/C32H39N7O4/c1-7-19-11-23(40)8-9-26(19)38-30(33)25-16-35-39-17-20(24-15-34-28(42-6)10-18(24)2)12-27(39)29(25)36-21-13-22(14-21)37-31(41)43-32(3,4)5/h8-12,15-17,21-22,36,40H,7,13-14H2,1-6H3,(H2,33,38)(H,37,41). The van der Waals surface area contributed by atoms with Gasteiger partial charge in [-0.1, -0.05) is 6.92 Å². The van der Waals surface area contributed by atoms with Gasteiger partial charge in [0, 0.05) is 41.7 Å². The second kappa shape index (κ2) is 11.8. The van der Waals surface area contributed by atoms with Crippen LogP contribution in [-0.4, -0.2) is 56.4 Å². The molecule has 0 saturated heterocycles. The number of nitrogens with one attached hydrogen (secondary N) is 2. The number of nitrogens with zero attached hydrogens (tertiary/aromatic N) is 4. The maximum Gasteiger partial charge on any atom is 0.407 e. The number of amides is 1. The van der Waals surface area contributed by atoms with E-state index in [-0.39, 0.29) is 17.8 Å². The van der Waals surface area contributed by atoms with Crippen LogP contribution in [0.25, 0.3) is 16.6 Å². The fourth-order valence-corrected chi connectivity index (χ4v) is 5.18. The van der Waals surface area contributed by atoms with Crippen molar-refractivity contribution in [3.05, 3.63) is 65.6 Å². The first kappa shape index (κ1) is 29.7. The summed E-state index contributed by atoms with van der Waals surface area (Å²) in [7, 11) is 1.60. The Hall–Kier alpha value is -4.80. The summed E-state index contributed by atoms with van der Waals surface area (Å²) in [6.45, 7) is 9.55. The van der Waals surface area contributed by atoms with Crippen LogP contribution in [0.3, 0.4) is 0 Å². The molecule has 11 heteroatoms. The lowest BCUT2D eigenvalue weighted by Crippen LogP contribution is -2.51. The first-order valence-electron chi connectivity index (χ1n) is 14.4. The van der Waals surface area contributed by atoms with E-state index >= 15 is 0 Å². The largest absolute Gasteiger partial charge is 0.508 e. The highest BCUT2D eigenvalue weighted by atomic mass is 16.6. The number of fused-ring (bicyclic) bond motifs is 1. The second-order valence-corrected chi connectivity index (χ2v) is 11.9. The predicted molar refractivity (Wildman–Crippen MR) is 167 cm³/mol. The molecule has 0 aliphatic heterocycles. The van der Waals surface area contributed by atoms with E-state index in [0.717, 1.165) is 46.3 Å². The SMILES string of the molecule is CCc1cc(O)ccc1N=C(N)c1cnn2cc(-c3cnc(OC)cc3C)cc2c1NC1CC(NC(=O)OC(C)(C)C)C1. The Kier molecular flexibility index (Phi) is 8.16. The van der Waals surface area contributed by atoms with E-state index in [1.165, 1.54) is 0 Å². The number of alkyl carbamates (subject to hydrolysis) is 1. The van der Waals surface area contributed by atoms with Gasteiger partial charge in [0.15, 0.2) is 0 Å². The molecule has 0 bridgehead atoms. The highest BCUT2D eigenvalue weighted by molar-refractivity contribution is 6.06. The van der Waals surface area contributed by atoms with E-state index in [2.05, 4.69) is 26.8 Å². The molecule has 11 nitrogen and oxygen atoms in total. The fourth-order valence-electron chi connectivity index (χ4n) is 5.18. The van der Waals surface area contributed by atoms with Gasteiger partial charge < -0.3 is 30.9 Å².